The highest BCUT2D eigenvalue weighted by atomic mass is 16.6. The van der Waals surface area contributed by atoms with Crippen LogP contribution in [0.25, 0.3) is 0 Å². The van der Waals surface area contributed by atoms with Gasteiger partial charge in [0.25, 0.3) is 0 Å². The topological polar surface area (TPSA) is 34.3 Å². The molecular weight excluding hydrogens is 264 g/mol. The third-order valence-corrected chi connectivity index (χ3v) is 5.55. The first kappa shape index (κ1) is 13.8. The summed E-state index contributed by atoms with van der Waals surface area (Å²) in [6, 6.07) is 0. The average molecular weight is 290 g/mol. The van der Waals surface area contributed by atoms with E-state index in [-0.39, 0.29) is 0 Å². The molecule has 21 heavy (non-hydrogen) atoms. The molecule has 2 saturated heterocycles. The number of hydrogen-bond donors (Lipinski definition) is 0. The number of ether oxygens (including phenoxy) is 3. The molecule has 0 N–H and O–H groups in total. The molecule has 0 aromatic heterocycles. The third-order valence-electron chi connectivity index (χ3n) is 5.55. The molecule has 4 fully saturated rings. The lowest BCUT2D eigenvalue weighted by molar-refractivity contribution is 0.229. The maximum atomic E-state index is 5.88. The van der Waals surface area contributed by atoms with Crippen LogP contribution in [0.4, 0.5) is 0 Å². The average Bonchev–Trinajstić information content (AvgIpc) is 3.31. The summed E-state index contributed by atoms with van der Waals surface area (Å²) in [5.74, 6) is 3.15. The van der Waals surface area contributed by atoms with Crippen molar-refractivity contribution in [2.75, 3.05) is 0 Å². The summed E-state index contributed by atoms with van der Waals surface area (Å²) >= 11 is 0. The Hall–Kier alpha value is -0.800. The summed E-state index contributed by atoms with van der Waals surface area (Å²) in [4.78, 5) is 0. The normalized spacial score (nSPS) is 43.4. The van der Waals surface area contributed by atoms with Gasteiger partial charge in [0, 0.05) is 12.8 Å². The Morgan fingerprint density at radius 1 is 0.762 bits per heavy atom. The summed E-state index contributed by atoms with van der Waals surface area (Å²) in [5, 5.41) is 0. The largest absolute Gasteiger partial charge is 0.467 e. The van der Waals surface area contributed by atoms with Crippen molar-refractivity contribution in [2.45, 2.75) is 75.8 Å². The van der Waals surface area contributed by atoms with Crippen molar-refractivity contribution in [2.24, 2.45) is 11.8 Å². The number of rotatable bonds is 6. The van der Waals surface area contributed by atoms with E-state index in [1.165, 1.54) is 38.5 Å². The summed E-state index contributed by atoms with van der Waals surface area (Å²) < 4.78 is 17.1. The fourth-order valence-electron chi connectivity index (χ4n) is 4.28. The number of hydrogen-bond acceptors (Lipinski definition) is 3. The zero-order valence-corrected chi connectivity index (χ0v) is 12.8. The minimum absolute atomic E-state index is 0.536. The highest BCUT2D eigenvalue weighted by Gasteiger charge is 2.44. The first-order valence-corrected chi connectivity index (χ1v) is 8.51. The minimum Gasteiger partial charge on any atom is -0.467 e. The van der Waals surface area contributed by atoms with E-state index in [1.807, 2.05) is 0 Å². The van der Waals surface area contributed by atoms with Crippen molar-refractivity contribution >= 4 is 0 Å². The van der Waals surface area contributed by atoms with E-state index in [1.54, 1.807) is 0 Å². The second-order valence-corrected chi connectivity index (χ2v) is 7.37. The smallest absolute Gasteiger partial charge is 0.0967 e. The number of allylic oxidation sites excluding steroid dienone is 2. The minimum atomic E-state index is 0.536. The Bertz CT molecular complexity index is 404. The molecule has 0 spiro atoms. The maximum Gasteiger partial charge on any atom is 0.0967 e. The summed E-state index contributed by atoms with van der Waals surface area (Å²) in [7, 11) is 0. The molecule has 0 aromatic rings. The second-order valence-electron chi connectivity index (χ2n) is 7.37. The predicted octanol–water partition coefficient (Wildman–Crippen LogP) is 3.95. The van der Waals surface area contributed by atoms with Gasteiger partial charge in [-0.15, -0.1) is 0 Å². The van der Waals surface area contributed by atoms with Crippen LogP contribution in [-0.2, 0) is 14.2 Å². The van der Waals surface area contributed by atoms with E-state index < -0.39 is 0 Å². The van der Waals surface area contributed by atoms with Gasteiger partial charge in [-0.1, -0.05) is 13.2 Å². The predicted molar refractivity (Wildman–Crippen MR) is 80.6 cm³/mol. The molecule has 4 aliphatic rings. The molecule has 3 nitrogen and oxygen atoms in total. The SMILES string of the molecule is C=C(CC1CCC2OC2C1)OC(=C)CC1CCC2OC2C1. The molecule has 0 aromatic carbocycles. The molecule has 2 aliphatic heterocycles. The van der Waals surface area contributed by atoms with Gasteiger partial charge in [0.2, 0.25) is 0 Å². The Morgan fingerprint density at radius 2 is 1.24 bits per heavy atom. The number of epoxide rings is 2. The van der Waals surface area contributed by atoms with Crippen molar-refractivity contribution in [3.8, 4) is 0 Å². The Balaban J connectivity index is 1.18. The van der Waals surface area contributed by atoms with Gasteiger partial charge in [-0.05, 0) is 50.4 Å². The van der Waals surface area contributed by atoms with Crippen molar-refractivity contribution in [1.82, 2.24) is 0 Å². The van der Waals surface area contributed by atoms with Crippen LogP contribution in [0.3, 0.4) is 0 Å². The zero-order chi connectivity index (χ0) is 14.4. The lowest BCUT2D eigenvalue weighted by atomic mass is 9.86. The quantitative estimate of drug-likeness (QED) is 0.549. The van der Waals surface area contributed by atoms with Crippen molar-refractivity contribution in [1.29, 1.82) is 0 Å². The van der Waals surface area contributed by atoms with Crippen LogP contribution in [0.2, 0.25) is 0 Å². The molecular formula is C18H26O3. The fourth-order valence-corrected chi connectivity index (χ4v) is 4.28. The van der Waals surface area contributed by atoms with Gasteiger partial charge >= 0.3 is 0 Å². The summed E-state index contributed by atoms with van der Waals surface area (Å²) in [6.07, 6.45) is 11.4. The van der Waals surface area contributed by atoms with Crippen LogP contribution in [0.1, 0.15) is 51.4 Å². The van der Waals surface area contributed by atoms with E-state index >= 15 is 0 Å². The van der Waals surface area contributed by atoms with Gasteiger partial charge in [0.05, 0.1) is 35.9 Å². The van der Waals surface area contributed by atoms with Gasteiger partial charge in [-0.3, -0.25) is 0 Å². The monoisotopic (exact) mass is 290 g/mol. The maximum absolute atomic E-state index is 5.88. The van der Waals surface area contributed by atoms with E-state index in [2.05, 4.69) is 13.2 Å². The van der Waals surface area contributed by atoms with E-state index in [4.69, 9.17) is 14.2 Å². The molecule has 4 rings (SSSR count). The van der Waals surface area contributed by atoms with Crippen LogP contribution < -0.4 is 0 Å². The van der Waals surface area contributed by atoms with E-state index in [0.29, 0.717) is 36.3 Å². The molecule has 0 bridgehead atoms. The molecule has 2 aliphatic carbocycles. The van der Waals surface area contributed by atoms with Gasteiger partial charge in [0.1, 0.15) is 0 Å². The molecule has 6 unspecified atom stereocenters. The first-order valence-electron chi connectivity index (χ1n) is 8.51. The lowest BCUT2D eigenvalue weighted by Gasteiger charge is -2.23. The van der Waals surface area contributed by atoms with Crippen molar-refractivity contribution in [3.63, 3.8) is 0 Å². The lowest BCUT2D eigenvalue weighted by Crippen LogP contribution is -2.16. The van der Waals surface area contributed by atoms with E-state index in [9.17, 15) is 0 Å². The number of fused-ring (bicyclic) bond motifs is 2. The third kappa shape index (κ3) is 3.35. The van der Waals surface area contributed by atoms with Crippen LogP contribution in [0, 0.1) is 11.8 Å². The molecule has 0 radical (unpaired) electrons. The molecule has 116 valence electrons. The highest BCUT2D eigenvalue weighted by Crippen LogP contribution is 2.43. The Morgan fingerprint density at radius 3 is 1.67 bits per heavy atom. The Kier molecular flexibility index (Phi) is 3.58. The van der Waals surface area contributed by atoms with Gasteiger partial charge < -0.3 is 14.2 Å². The Labute approximate surface area is 127 Å². The van der Waals surface area contributed by atoms with Gasteiger partial charge in [-0.25, -0.2) is 0 Å². The van der Waals surface area contributed by atoms with Crippen LogP contribution in [0.15, 0.2) is 24.7 Å². The van der Waals surface area contributed by atoms with Gasteiger partial charge in [0.15, 0.2) is 0 Å². The van der Waals surface area contributed by atoms with Crippen molar-refractivity contribution in [3.05, 3.63) is 24.7 Å². The zero-order valence-electron chi connectivity index (χ0n) is 12.8. The van der Waals surface area contributed by atoms with Crippen LogP contribution in [-0.4, -0.2) is 24.4 Å². The van der Waals surface area contributed by atoms with Crippen LogP contribution >= 0.6 is 0 Å². The summed E-state index contributed by atoms with van der Waals surface area (Å²) in [6.45, 7) is 8.19. The van der Waals surface area contributed by atoms with Crippen molar-refractivity contribution < 1.29 is 14.2 Å². The molecule has 3 heteroatoms. The van der Waals surface area contributed by atoms with E-state index in [0.717, 1.165) is 24.4 Å². The standard InChI is InChI=1S/C18H26O3/c1-11(7-13-3-5-15-17(9-13)20-15)19-12(2)8-14-4-6-16-18(10-14)21-16/h13-18H,1-10H2. The molecule has 6 atom stereocenters. The van der Waals surface area contributed by atoms with Crippen LogP contribution in [0.5, 0.6) is 0 Å². The summed E-state index contributed by atoms with van der Waals surface area (Å²) in [5.41, 5.74) is 0. The molecule has 2 saturated carbocycles. The second kappa shape index (κ2) is 5.44. The first-order chi connectivity index (χ1) is 10.2. The fraction of sp³-hybridized carbons (Fsp3) is 0.778. The highest BCUT2D eigenvalue weighted by molar-refractivity contribution is 5.01. The molecule has 2 heterocycles. The molecule has 0 amide bonds. The van der Waals surface area contributed by atoms with Gasteiger partial charge in [-0.2, -0.15) is 0 Å².